The Balaban J connectivity index is 2.50. The van der Waals surface area contributed by atoms with Crippen LogP contribution < -0.4 is 4.74 Å². The Morgan fingerprint density at radius 3 is 2.11 bits per heavy atom. The molecule has 0 N–H and O–H groups in total. The average molecular weight is 266 g/mol. The molecule has 2 aromatic carbocycles. The first-order valence-electron chi connectivity index (χ1n) is 5.78. The molecular formula is C15H13F3O. The molecule has 0 aliphatic rings. The van der Waals surface area contributed by atoms with Gasteiger partial charge in [-0.15, -0.1) is 0 Å². The van der Waals surface area contributed by atoms with E-state index in [0.717, 1.165) is 0 Å². The summed E-state index contributed by atoms with van der Waals surface area (Å²) in [7, 11) is 1.43. The largest absolute Gasteiger partial charge is 0.497 e. The third-order valence-electron chi connectivity index (χ3n) is 2.89. The fourth-order valence-corrected chi connectivity index (χ4v) is 2.04. The standard InChI is InChI=1S/C15H13F3O/c1-19-13-9-5-8-12(10-13)14(15(16,17)18)11-6-3-2-4-7-11/h2-10,14H,1H3. The van der Waals surface area contributed by atoms with Crippen LogP contribution in [0.25, 0.3) is 0 Å². The lowest BCUT2D eigenvalue weighted by Crippen LogP contribution is -2.21. The van der Waals surface area contributed by atoms with Gasteiger partial charge in [0.25, 0.3) is 0 Å². The van der Waals surface area contributed by atoms with E-state index >= 15 is 0 Å². The van der Waals surface area contributed by atoms with Crippen LogP contribution in [-0.2, 0) is 0 Å². The number of benzene rings is 2. The molecule has 0 aromatic heterocycles. The molecule has 0 amide bonds. The summed E-state index contributed by atoms with van der Waals surface area (Å²) in [5.74, 6) is -1.22. The van der Waals surface area contributed by atoms with Crippen LogP contribution in [0, 0.1) is 0 Å². The maximum absolute atomic E-state index is 13.3. The van der Waals surface area contributed by atoms with E-state index in [0.29, 0.717) is 5.75 Å². The molecule has 2 aromatic rings. The molecule has 0 saturated carbocycles. The summed E-state index contributed by atoms with van der Waals surface area (Å²) in [6, 6.07) is 14.0. The van der Waals surface area contributed by atoms with Crippen molar-refractivity contribution in [1.82, 2.24) is 0 Å². The fraction of sp³-hybridized carbons (Fsp3) is 0.200. The zero-order valence-electron chi connectivity index (χ0n) is 10.3. The summed E-state index contributed by atoms with van der Waals surface area (Å²) in [4.78, 5) is 0. The van der Waals surface area contributed by atoms with E-state index in [-0.39, 0.29) is 11.1 Å². The van der Waals surface area contributed by atoms with Crippen molar-refractivity contribution in [1.29, 1.82) is 0 Å². The van der Waals surface area contributed by atoms with Crippen molar-refractivity contribution in [2.75, 3.05) is 7.11 Å². The van der Waals surface area contributed by atoms with Crippen molar-refractivity contribution in [2.24, 2.45) is 0 Å². The number of hydrogen-bond acceptors (Lipinski definition) is 1. The van der Waals surface area contributed by atoms with Gasteiger partial charge in [0.1, 0.15) is 11.7 Å². The molecule has 0 bridgehead atoms. The van der Waals surface area contributed by atoms with Crippen LogP contribution in [0.1, 0.15) is 17.0 Å². The van der Waals surface area contributed by atoms with Gasteiger partial charge in [-0.2, -0.15) is 13.2 Å². The quantitative estimate of drug-likeness (QED) is 0.800. The SMILES string of the molecule is COc1cccc(C(c2ccccc2)C(F)(F)F)c1. The van der Waals surface area contributed by atoms with E-state index in [9.17, 15) is 13.2 Å². The molecule has 0 spiro atoms. The lowest BCUT2D eigenvalue weighted by molar-refractivity contribution is -0.141. The highest BCUT2D eigenvalue weighted by atomic mass is 19.4. The van der Waals surface area contributed by atoms with Crippen LogP contribution in [0.2, 0.25) is 0 Å². The van der Waals surface area contributed by atoms with E-state index in [1.807, 2.05) is 0 Å². The second-order valence-corrected chi connectivity index (χ2v) is 4.16. The first-order valence-corrected chi connectivity index (χ1v) is 5.78. The molecule has 19 heavy (non-hydrogen) atoms. The molecule has 2 rings (SSSR count). The molecule has 0 radical (unpaired) electrons. The Kier molecular flexibility index (Phi) is 3.79. The number of halogens is 3. The van der Waals surface area contributed by atoms with Crippen LogP contribution in [0.4, 0.5) is 13.2 Å². The van der Waals surface area contributed by atoms with Gasteiger partial charge in [0.15, 0.2) is 0 Å². The second kappa shape index (κ2) is 5.34. The summed E-state index contributed by atoms with van der Waals surface area (Å²) in [6.45, 7) is 0. The molecule has 1 atom stereocenters. The Morgan fingerprint density at radius 1 is 0.895 bits per heavy atom. The third kappa shape index (κ3) is 3.08. The van der Waals surface area contributed by atoms with E-state index in [4.69, 9.17) is 4.74 Å². The minimum atomic E-state index is -4.34. The van der Waals surface area contributed by atoms with Crippen LogP contribution in [0.5, 0.6) is 5.75 Å². The lowest BCUT2D eigenvalue weighted by Gasteiger charge is -2.21. The van der Waals surface area contributed by atoms with Gasteiger partial charge in [0.2, 0.25) is 0 Å². The molecule has 0 aliphatic carbocycles. The number of alkyl halides is 3. The minimum Gasteiger partial charge on any atom is -0.497 e. The lowest BCUT2D eigenvalue weighted by atomic mass is 9.90. The topological polar surface area (TPSA) is 9.23 Å². The molecule has 0 heterocycles. The highest BCUT2D eigenvalue weighted by Crippen LogP contribution is 2.40. The maximum atomic E-state index is 13.3. The van der Waals surface area contributed by atoms with E-state index in [1.165, 1.54) is 31.4 Å². The van der Waals surface area contributed by atoms with E-state index < -0.39 is 12.1 Å². The number of hydrogen-bond donors (Lipinski definition) is 0. The van der Waals surface area contributed by atoms with Crippen molar-refractivity contribution in [3.63, 3.8) is 0 Å². The third-order valence-corrected chi connectivity index (χ3v) is 2.89. The van der Waals surface area contributed by atoms with Crippen molar-refractivity contribution in [3.8, 4) is 5.75 Å². The van der Waals surface area contributed by atoms with Gasteiger partial charge < -0.3 is 4.74 Å². The number of ether oxygens (including phenoxy) is 1. The molecule has 0 aliphatic heterocycles. The van der Waals surface area contributed by atoms with Gasteiger partial charge in [-0.25, -0.2) is 0 Å². The summed E-state index contributed by atoms with van der Waals surface area (Å²) in [5.41, 5.74) is 0.404. The minimum absolute atomic E-state index is 0.179. The predicted molar refractivity (Wildman–Crippen MR) is 67.3 cm³/mol. The second-order valence-electron chi connectivity index (χ2n) is 4.16. The fourth-order valence-electron chi connectivity index (χ4n) is 2.04. The zero-order valence-corrected chi connectivity index (χ0v) is 10.3. The zero-order chi connectivity index (χ0) is 13.9. The highest BCUT2D eigenvalue weighted by Gasteiger charge is 2.41. The molecule has 4 heteroatoms. The summed E-state index contributed by atoms with van der Waals surface area (Å²) < 4.78 is 44.8. The van der Waals surface area contributed by atoms with Gasteiger partial charge in [-0.05, 0) is 23.3 Å². The predicted octanol–water partition coefficient (Wildman–Crippen LogP) is 4.39. The van der Waals surface area contributed by atoms with Crippen LogP contribution in [0.15, 0.2) is 54.6 Å². The Labute approximate surface area is 109 Å². The average Bonchev–Trinajstić information content (AvgIpc) is 2.39. The smallest absolute Gasteiger partial charge is 0.399 e. The number of rotatable bonds is 3. The van der Waals surface area contributed by atoms with Gasteiger partial charge in [-0.1, -0.05) is 42.5 Å². The summed E-state index contributed by atoms with van der Waals surface area (Å²) >= 11 is 0. The van der Waals surface area contributed by atoms with Crippen LogP contribution >= 0.6 is 0 Å². The molecule has 0 fully saturated rings. The van der Waals surface area contributed by atoms with Crippen molar-refractivity contribution < 1.29 is 17.9 Å². The Hall–Kier alpha value is -1.97. The Morgan fingerprint density at radius 2 is 1.53 bits per heavy atom. The van der Waals surface area contributed by atoms with Crippen LogP contribution in [0.3, 0.4) is 0 Å². The molecular weight excluding hydrogens is 253 g/mol. The molecule has 100 valence electrons. The van der Waals surface area contributed by atoms with Crippen molar-refractivity contribution >= 4 is 0 Å². The molecule has 0 saturated heterocycles. The first-order chi connectivity index (χ1) is 9.02. The van der Waals surface area contributed by atoms with Gasteiger partial charge in [0, 0.05) is 0 Å². The van der Waals surface area contributed by atoms with Gasteiger partial charge >= 0.3 is 6.18 Å². The van der Waals surface area contributed by atoms with Crippen LogP contribution in [-0.4, -0.2) is 13.3 Å². The van der Waals surface area contributed by atoms with Crippen molar-refractivity contribution in [3.05, 3.63) is 65.7 Å². The monoisotopic (exact) mass is 266 g/mol. The van der Waals surface area contributed by atoms with E-state index in [1.54, 1.807) is 30.3 Å². The van der Waals surface area contributed by atoms with Gasteiger partial charge in [0.05, 0.1) is 7.11 Å². The van der Waals surface area contributed by atoms with Gasteiger partial charge in [-0.3, -0.25) is 0 Å². The summed E-state index contributed by atoms with van der Waals surface area (Å²) in [5, 5.41) is 0. The Bertz CT molecular complexity index is 535. The number of methoxy groups -OCH3 is 1. The summed E-state index contributed by atoms with van der Waals surface area (Å²) in [6.07, 6.45) is -4.34. The normalized spacial score (nSPS) is 13.1. The molecule has 1 nitrogen and oxygen atoms in total. The van der Waals surface area contributed by atoms with Crippen molar-refractivity contribution in [2.45, 2.75) is 12.1 Å². The maximum Gasteiger partial charge on any atom is 0.399 e. The van der Waals surface area contributed by atoms with E-state index in [2.05, 4.69) is 0 Å². The molecule has 1 unspecified atom stereocenters. The highest BCUT2D eigenvalue weighted by molar-refractivity contribution is 5.38. The first kappa shape index (κ1) is 13.5.